The number of nitrogens with one attached hydrogen (secondary N) is 1. The molecule has 25 heavy (non-hydrogen) atoms. The van der Waals surface area contributed by atoms with Gasteiger partial charge in [-0.1, -0.05) is 35.3 Å². The molecule has 0 atom stereocenters. The number of aryl methyl sites for hydroxylation is 1. The number of anilines is 1. The molecule has 1 amide bonds. The number of nitrogens with zero attached hydrogens (tertiary/aromatic N) is 4. The first-order valence-corrected chi connectivity index (χ1v) is 7.99. The molecule has 3 rings (SSSR count). The molecule has 1 heterocycles. The van der Waals surface area contributed by atoms with E-state index in [0.717, 1.165) is 5.56 Å². The van der Waals surface area contributed by atoms with Crippen molar-refractivity contribution < 1.29 is 9.53 Å². The molecule has 0 bridgehead atoms. The minimum atomic E-state index is -0.306. The summed E-state index contributed by atoms with van der Waals surface area (Å²) in [5, 5.41) is 14.9. The second-order valence-corrected chi connectivity index (χ2v) is 5.93. The van der Waals surface area contributed by atoms with Crippen LogP contribution in [0, 0.1) is 0 Å². The highest BCUT2D eigenvalue weighted by molar-refractivity contribution is 6.42. The van der Waals surface area contributed by atoms with Crippen molar-refractivity contribution in [3.63, 3.8) is 0 Å². The maximum absolute atomic E-state index is 12.1. The van der Waals surface area contributed by atoms with Gasteiger partial charge >= 0.3 is 0 Å². The van der Waals surface area contributed by atoms with E-state index in [1.807, 2.05) is 6.07 Å². The molecule has 3 aromatic rings. The predicted octanol–water partition coefficient (Wildman–Crippen LogP) is 3.20. The van der Waals surface area contributed by atoms with Gasteiger partial charge in [0.05, 0.1) is 10.0 Å². The number of benzene rings is 2. The molecule has 0 unspecified atom stereocenters. The third-order valence-electron chi connectivity index (χ3n) is 3.29. The van der Waals surface area contributed by atoms with E-state index in [9.17, 15) is 4.79 Å². The van der Waals surface area contributed by atoms with Gasteiger partial charge in [-0.25, -0.2) is 4.68 Å². The molecule has 0 saturated carbocycles. The average Bonchev–Trinajstić information content (AvgIpc) is 3.02. The first-order valence-electron chi connectivity index (χ1n) is 7.23. The normalized spacial score (nSPS) is 10.5. The monoisotopic (exact) mass is 377 g/mol. The summed E-state index contributed by atoms with van der Waals surface area (Å²) in [6.45, 7) is -0.159. The number of tetrazole rings is 1. The SMILES string of the molecule is Cn1nnnc1-c1cccc(NC(=O)COc2ccc(Cl)c(Cl)c2)c1. The molecule has 128 valence electrons. The van der Waals surface area contributed by atoms with E-state index >= 15 is 0 Å². The van der Waals surface area contributed by atoms with Gasteiger partial charge in [-0.05, 0) is 34.7 Å². The second-order valence-electron chi connectivity index (χ2n) is 5.12. The number of ether oxygens (including phenoxy) is 1. The Kier molecular flexibility index (Phi) is 5.16. The third kappa shape index (κ3) is 4.26. The lowest BCUT2D eigenvalue weighted by Gasteiger charge is -2.09. The van der Waals surface area contributed by atoms with Crippen molar-refractivity contribution in [1.82, 2.24) is 20.2 Å². The molecule has 0 aliphatic carbocycles. The van der Waals surface area contributed by atoms with Gasteiger partial charge in [-0.15, -0.1) is 5.10 Å². The number of carbonyl (C=O) groups excluding carboxylic acids is 1. The van der Waals surface area contributed by atoms with Crippen molar-refractivity contribution in [2.45, 2.75) is 0 Å². The summed E-state index contributed by atoms with van der Waals surface area (Å²) in [5.41, 5.74) is 1.40. The highest BCUT2D eigenvalue weighted by atomic mass is 35.5. The summed E-state index contributed by atoms with van der Waals surface area (Å²) in [4.78, 5) is 12.1. The maximum Gasteiger partial charge on any atom is 0.262 e. The van der Waals surface area contributed by atoms with E-state index in [1.165, 1.54) is 0 Å². The molecule has 1 N–H and O–H groups in total. The number of carbonyl (C=O) groups is 1. The van der Waals surface area contributed by atoms with E-state index in [1.54, 1.807) is 48.1 Å². The molecule has 0 fully saturated rings. The van der Waals surface area contributed by atoms with Gasteiger partial charge in [0.25, 0.3) is 5.91 Å². The summed E-state index contributed by atoms with van der Waals surface area (Å²) < 4.78 is 6.96. The Balaban J connectivity index is 1.63. The van der Waals surface area contributed by atoms with Crippen LogP contribution in [0.1, 0.15) is 0 Å². The van der Waals surface area contributed by atoms with Crippen molar-refractivity contribution >= 4 is 34.8 Å². The smallest absolute Gasteiger partial charge is 0.262 e. The van der Waals surface area contributed by atoms with Gasteiger partial charge < -0.3 is 10.1 Å². The Hall–Kier alpha value is -2.64. The Morgan fingerprint density at radius 3 is 2.76 bits per heavy atom. The average molecular weight is 378 g/mol. The van der Waals surface area contributed by atoms with Crippen LogP contribution >= 0.6 is 23.2 Å². The fraction of sp³-hybridized carbons (Fsp3) is 0.125. The Morgan fingerprint density at radius 2 is 2.04 bits per heavy atom. The molecular formula is C16H13Cl2N5O2. The highest BCUT2D eigenvalue weighted by Gasteiger charge is 2.09. The standard InChI is InChI=1S/C16H13Cl2N5O2/c1-23-16(20-21-22-23)10-3-2-4-11(7-10)19-15(24)9-25-12-5-6-13(17)14(18)8-12/h2-8H,9H2,1H3,(H,19,24). The second kappa shape index (κ2) is 7.50. The third-order valence-corrected chi connectivity index (χ3v) is 4.02. The van der Waals surface area contributed by atoms with E-state index in [2.05, 4.69) is 20.8 Å². The van der Waals surface area contributed by atoms with Gasteiger partial charge in [-0.2, -0.15) is 0 Å². The number of hydrogen-bond donors (Lipinski definition) is 1. The van der Waals surface area contributed by atoms with Gasteiger partial charge in [0, 0.05) is 24.4 Å². The lowest BCUT2D eigenvalue weighted by Crippen LogP contribution is -2.20. The lowest BCUT2D eigenvalue weighted by atomic mass is 10.2. The fourth-order valence-electron chi connectivity index (χ4n) is 2.12. The van der Waals surface area contributed by atoms with Gasteiger partial charge in [0.15, 0.2) is 12.4 Å². The van der Waals surface area contributed by atoms with Crippen LogP contribution in [0.25, 0.3) is 11.4 Å². The molecule has 0 aliphatic heterocycles. The first kappa shape index (κ1) is 17.2. The predicted molar refractivity (Wildman–Crippen MR) is 94.8 cm³/mol. The Morgan fingerprint density at radius 1 is 1.20 bits per heavy atom. The topological polar surface area (TPSA) is 81.9 Å². The van der Waals surface area contributed by atoms with Gasteiger partial charge in [-0.3, -0.25) is 4.79 Å². The first-order chi connectivity index (χ1) is 12.0. The summed E-state index contributed by atoms with van der Waals surface area (Å²) >= 11 is 11.7. The summed E-state index contributed by atoms with van der Waals surface area (Å²) in [5.74, 6) is 0.755. The van der Waals surface area contributed by atoms with Crippen molar-refractivity contribution in [2.75, 3.05) is 11.9 Å². The van der Waals surface area contributed by atoms with Crippen LogP contribution in [0.3, 0.4) is 0 Å². The number of aromatic nitrogens is 4. The lowest BCUT2D eigenvalue weighted by molar-refractivity contribution is -0.118. The Bertz CT molecular complexity index is 913. The minimum absolute atomic E-state index is 0.159. The summed E-state index contributed by atoms with van der Waals surface area (Å²) in [6.07, 6.45) is 0. The quantitative estimate of drug-likeness (QED) is 0.737. The van der Waals surface area contributed by atoms with Crippen LogP contribution in [0.15, 0.2) is 42.5 Å². The number of halogens is 2. The zero-order chi connectivity index (χ0) is 17.8. The van der Waals surface area contributed by atoms with Crippen molar-refractivity contribution in [2.24, 2.45) is 7.05 Å². The van der Waals surface area contributed by atoms with Crippen LogP contribution in [-0.4, -0.2) is 32.7 Å². The van der Waals surface area contributed by atoms with E-state index in [-0.39, 0.29) is 12.5 Å². The molecule has 2 aromatic carbocycles. The summed E-state index contributed by atoms with van der Waals surface area (Å²) in [6, 6.07) is 12.0. The number of amides is 1. The fourth-order valence-corrected chi connectivity index (χ4v) is 2.41. The number of hydrogen-bond acceptors (Lipinski definition) is 5. The van der Waals surface area contributed by atoms with Gasteiger partial charge in [0.1, 0.15) is 5.75 Å². The van der Waals surface area contributed by atoms with Crippen molar-refractivity contribution in [1.29, 1.82) is 0 Å². The van der Waals surface area contributed by atoms with Crippen LogP contribution in [0.5, 0.6) is 5.75 Å². The molecule has 0 radical (unpaired) electrons. The van der Waals surface area contributed by atoms with E-state index < -0.39 is 0 Å². The molecular weight excluding hydrogens is 365 g/mol. The van der Waals surface area contributed by atoms with Crippen molar-refractivity contribution in [3.05, 3.63) is 52.5 Å². The largest absolute Gasteiger partial charge is 0.484 e. The maximum atomic E-state index is 12.1. The Labute approximate surface area is 153 Å². The van der Waals surface area contributed by atoms with Crippen LogP contribution in [-0.2, 0) is 11.8 Å². The van der Waals surface area contributed by atoms with E-state index in [4.69, 9.17) is 27.9 Å². The van der Waals surface area contributed by atoms with Crippen molar-refractivity contribution in [3.8, 4) is 17.1 Å². The van der Waals surface area contributed by atoms with Gasteiger partial charge in [0.2, 0.25) is 0 Å². The molecule has 9 heteroatoms. The molecule has 0 saturated heterocycles. The number of rotatable bonds is 5. The van der Waals surface area contributed by atoms with Crippen LogP contribution < -0.4 is 10.1 Å². The molecule has 0 aliphatic rings. The van der Waals surface area contributed by atoms with E-state index in [0.29, 0.717) is 27.3 Å². The molecule has 7 nitrogen and oxygen atoms in total. The molecule has 1 aromatic heterocycles. The molecule has 0 spiro atoms. The van der Waals surface area contributed by atoms with Crippen LogP contribution in [0.2, 0.25) is 10.0 Å². The zero-order valence-corrected chi connectivity index (χ0v) is 14.6. The zero-order valence-electron chi connectivity index (χ0n) is 13.1. The van der Waals surface area contributed by atoms with Crippen LogP contribution in [0.4, 0.5) is 5.69 Å². The summed E-state index contributed by atoms with van der Waals surface area (Å²) in [7, 11) is 1.74. The minimum Gasteiger partial charge on any atom is -0.484 e. The highest BCUT2D eigenvalue weighted by Crippen LogP contribution is 2.26.